The van der Waals surface area contributed by atoms with E-state index >= 15 is 0 Å². The predicted molar refractivity (Wildman–Crippen MR) is 86.7 cm³/mol. The zero-order valence-electron chi connectivity index (χ0n) is 13.8. The van der Waals surface area contributed by atoms with E-state index in [4.69, 9.17) is 4.74 Å². The van der Waals surface area contributed by atoms with Gasteiger partial charge in [-0.1, -0.05) is 11.8 Å². The molecule has 2 aromatic heterocycles. The van der Waals surface area contributed by atoms with Crippen molar-refractivity contribution >= 4 is 29.4 Å². The number of carbonyl (C=O) groups excluding carboxylic acids is 2. The van der Waals surface area contributed by atoms with Crippen LogP contribution in [0.25, 0.3) is 11.5 Å². The molecule has 1 saturated heterocycles. The van der Waals surface area contributed by atoms with Crippen LogP contribution in [0.1, 0.15) is 6.92 Å². The van der Waals surface area contributed by atoms with Crippen LogP contribution in [0, 0.1) is 0 Å². The lowest BCUT2D eigenvalue weighted by atomic mass is 10.4. The first-order valence-electron chi connectivity index (χ1n) is 7.54. The second-order valence-electron chi connectivity index (χ2n) is 5.29. The van der Waals surface area contributed by atoms with Gasteiger partial charge in [-0.3, -0.25) is 9.59 Å². The van der Waals surface area contributed by atoms with Crippen LogP contribution in [0.2, 0.25) is 0 Å². The molecular weight excluding hydrogens is 350 g/mol. The number of carbonyl (C=O) groups is 2. The summed E-state index contributed by atoms with van der Waals surface area (Å²) in [5, 5.41) is 18.6. The standard InChI is InChI=1S/C13H17N7O4S/c1-8(21)14-11-10(17-24-18-11)12-15-16-13(19(12)2)25-7-9(22)20-3-5-23-6-4-20/h3-7H2,1-2H3,(H,14,18,21). The average molecular weight is 367 g/mol. The lowest BCUT2D eigenvalue weighted by molar-refractivity contribution is -0.132. The molecule has 0 unspecified atom stereocenters. The quantitative estimate of drug-likeness (QED) is 0.713. The van der Waals surface area contributed by atoms with Crippen molar-refractivity contribution < 1.29 is 19.0 Å². The Hall–Kier alpha value is -2.47. The number of nitrogens with zero attached hydrogens (tertiary/aromatic N) is 6. The average Bonchev–Trinajstić information content (AvgIpc) is 3.19. The second-order valence-corrected chi connectivity index (χ2v) is 6.23. The Morgan fingerprint density at radius 1 is 1.24 bits per heavy atom. The van der Waals surface area contributed by atoms with Gasteiger partial charge in [0, 0.05) is 27.1 Å². The third kappa shape index (κ3) is 3.96. The fourth-order valence-electron chi connectivity index (χ4n) is 2.26. The van der Waals surface area contributed by atoms with E-state index in [9.17, 15) is 9.59 Å². The SMILES string of the molecule is CC(=O)Nc1nonc1-c1nnc(SCC(=O)N2CCOCC2)n1C. The van der Waals surface area contributed by atoms with Crippen LogP contribution in [-0.4, -0.2) is 73.8 Å². The first-order valence-corrected chi connectivity index (χ1v) is 8.53. The molecule has 1 aliphatic rings. The summed E-state index contributed by atoms with van der Waals surface area (Å²) in [6, 6.07) is 0. The molecule has 11 nitrogen and oxygen atoms in total. The van der Waals surface area contributed by atoms with E-state index < -0.39 is 0 Å². The van der Waals surface area contributed by atoms with Gasteiger partial charge in [0.15, 0.2) is 16.7 Å². The summed E-state index contributed by atoms with van der Waals surface area (Å²) in [5.74, 6) is 0.529. The van der Waals surface area contributed by atoms with Crippen molar-refractivity contribution in [3.63, 3.8) is 0 Å². The van der Waals surface area contributed by atoms with Crippen LogP contribution in [-0.2, 0) is 21.4 Å². The topological polar surface area (TPSA) is 128 Å². The molecule has 0 saturated carbocycles. The van der Waals surface area contributed by atoms with Crippen LogP contribution in [0.3, 0.4) is 0 Å². The number of hydrogen-bond donors (Lipinski definition) is 1. The zero-order chi connectivity index (χ0) is 17.8. The third-order valence-corrected chi connectivity index (χ3v) is 4.52. The van der Waals surface area contributed by atoms with Gasteiger partial charge in [0.05, 0.1) is 19.0 Å². The Labute approximate surface area is 147 Å². The highest BCUT2D eigenvalue weighted by Gasteiger charge is 2.22. The molecule has 0 bridgehead atoms. The second kappa shape index (κ2) is 7.61. The van der Waals surface area contributed by atoms with E-state index in [0.717, 1.165) is 0 Å². The number of aromatic nitrogens is 5. The number of nitrogens with one attached hydrogen (secondary N) is 1. The molecule has 1 N–H and O–H groups in total. The summed E-state index contributed by atoms with van der Waals surface area (Å²) < 4.78 is 11.6. The molecular formula is C13H17N7O4S. The fourth-order valence-corrected chi connectivity index (χ4v) is 3.07. The molecule has 0 radical (unpaired) electrons. The van der Waals surface area contributed by atoms with Crippen LogP contribution in [0.5, 0.6) is 0 Å². The highest BCUT2D eigenvalue weighted by molar-refractivity contribution is 7.99. The summed E-state index contributed by atoms with van der Waals surface area (Å²) in [7, 11) is 1.74. The molecule has 0 atom stereocenters. The van der Waals surface area contributed by atoms with Gasteiger partial charge < -0.3 is 19.5 Å². The van der Waals surface area contributed by atoms with E-state index in [0.29, 0.717) is 37.3 Å². The molecule has 0 aliphatic carbocycles. The van der Waals surface area contributed by atoms with E-state index in [-0.39, 0.29) is 29.1 Å². The number of amides is 2. The molecule has 0 spiro atoms. The Morgan fingerprint density at radius 2 is 2.00 bits per heavy atom. The Balaban J connectivity index is 1.68. The Kier molecular flexibility index (Phi) is 5.28. The largest absolute Gasteiger partial charge is 0.378 e. The van der Waals surface area contributed by atoms with Crippen LogP contribution < -0.4 is 5.32 Å². The number of anilines is 1. The van der Waals surface area contributed by atoms with E-state index in [1.165, 1.54) is 18.7 Å². The lowest BCUT2D eigenvalue weighted by Crippen LogP contribution is -2.41. The summed E-state index contributed by atoms with van der Waals surface area (Å²) in [6.45, 7) is 3.70. The van der Waals surface area contributed by atoms with Crippen molar-refractivity contribution in [3.8, 4) is 11.5 Å². The van der Waals surface area contributed by atoms with Gasteiger partial charge in [-0.05, 0) is 10.3 Å². The molecule has 2 amide bonds. The van der Waals surface area contributed by atoms with Crippen LogP contribution in [0.15, 0.2) is 9.79 Å². The number of rotatable bonds is 5. The first kappa shape index (κ1) is 17.4. The minimum absolute atomic E-state index is 0.0277. The zero-order valence-corrected chi connectivity index (χ0v) is 14.6. The minimum atomic E-state index is -0.301. The van der Waals surface area contributed by atoms with Gasteiger partial charge in [0.1, 0.15) is 0 Å². The van der Waals surface area contributed by atoms with Gasteiger partial charge >= 0.3 is 0 Å². The van der Waals surface area contributed by atoms with Crippen molar-refractivity contribution in [1.29, 1.82) is 0 Å². The van der Waals surface area contributed by atoms with Gasteiger partial charge in [0.2, 0.25) is 17.6 Å². The molecule has 2 aromatic rings. The van der Waals surface area contributed by atoms with Crippen molar-refractivity contribution in [2.24, 2.45) is 7.05 Å². The summed E-state index contributed by atoms with van der Waals surface area (Å²) in [4.78, 5) is 25.2. The van der Waals surface area contributed by atoms with Gasteiger partial charge in [-0.2, -0.15) is 0 Å². The molecule has 134 valence electrons. The van der Waals surface area contributed by atoms with E-state index in [1.807, 2.05) is 0 Å². The van der Waals surface area contributed by atoms with Crippen molar-refractivity contribution in [3.05, 3.63) is 0 Å². The number of thioether (sulfide) groups is 1. The summed E-state index contributed by atoms with van der Waals surface area (Å²) >= 11 is 1.28. The normalized spacial score (nSPS) is 14.6. The maximum Gasteiger partial charge on any atom is 0.233 e. The molecule has 12 heteroatoms. The summed E-state index contributed by atoms with van der Waals surface area (Å²) in [6.07, 6.45) is 0. The number of ether oxygens (including phenoxy) is 1. The third-order valence-electron chi connectivity index (χ3n) is 3.52. The first-order chi connectivity index (χ1) is 12.1. The predicted octanol–water partition coefficient (Wildman–Crippen LogP) is -0.226. The Morgan fingerprint density at radius 3 is 2.72 bits per heavy atom. The highest BCUT2D eigenvalue weighted by atomic mass is 32.2. The summed E-state index contributed by atoms with van der Waals surface area (Å²) in [5.41, 5.74) is 0.275. The molecule has 3 rings (SSSR count). The molecule has 25 heavy (non-hydrogen) atoms. The van der Waals surface area contributed by atoms with Crippen molar-refractivity contribution in [2.75, 3.05) is 37.4 Å². The van der Waals surface area contributed by atoms with Gasteiger partial charge in [0.25, 0.3) is 0 Å². The van der Waals surface area contributed by atoms with Crippen LogP contribution in [0.4, 0.5) is 5.82 Å². The molecule has 3 heterocycles. The molecule has 1 aliphatic heterocycles. The monoisotopic (exact) mass is 367 g/mol. The minimum Gasteiger partial charge on any atom is -0.378 e. The smallest absolute Gasteiger partial charge is 0.233 e. The lowest BCUT2D eigenvalue weighted by Gasteiger charge is -2.26. The fraction of sp³-hybridized carbons (Fsp3) is 0.538. The Bertz CT molecular complexity index is 768. The maximum absolute atomic E-state index is 12.2. The number of hydrogen-bond acceptors (Lipinski definition) is 9. The van der Waals surface area contributed by atoms with Crippen LogP contribution >= 0.6 is 11.8 Å². The highest BCUT2D eigenvalue weighted by Crippen LogP contribution is 2.26. The van der Waals surface area contributed by atoms with Gasteiger partial charge in [-0.15, -0.1) is 10.2 Å². The number of morpholine rings is 1. The molecule has 1 fully saturated rings. The van der Waals surface area contributed by atoms with Crippen molar-refractivity contribution in [2.45, 2.75) is 12.1 Å². The molecule has 0 aromatic carbocycles. The van der Waals surface area contributed by atoms with E-state index in [1.54, 1.807) is 16.5 Å². The van der Waals surface area contributed by atoms with Gasteiger partial charge in [-0.25, -0.2) is 4.63 Å². The maximum atomic E-state index is 12.2. The van der Waals surface area contributed by atoms with Crippen molar-refractivity contribution in [1.82, 2.24) is 30.0 Å². The van der Waals surface area contributed by atoms with E-state index in [2.05, 4.69) is 30.5 Å².